The smallest absolute Gasteiger partial charge is 0.326 e. The highest BCUT2D eigenvalue weighted by Crippen LogP contribution is 2.14. The molecule has 1 atom stereocenters. The van der Waals surface area contributed by atoms with E-state index in [9.17, 15) is 29.1 Å². The second-order valence-electron chi connectivity index (χ2n) is 14.5. The number of unbranched alkanes of at least 4 members (excludes halogenated alkanes) is 13. The van der Waals surface area contributed by atoms with E-state index < -0.39 is 18.0 Å². The van der Waals surface area contributed by atoms with Gasteiger partial charge in [-0.05, 0) is 26.2 Å². The average Bonchev–Trinajstić information content (AvgIpc) is 3.21. The molecule has 0 aliphatic carbocycles. The number of hydrogen-bond donors (Lipinski definition) is 4. The van der Waals surface area contributed by atoms with E-state index in [2.05, 4.69) is 10.6 Å². The summed E-state index contributed by atoms with van der Waals surface area (Å²) in [5, 5.41) is 23.4. The van der Waals surface area contributed by atoms with Crippen molar-refractivity contribution < 1.29 is 72.1 Å². The number of rotatable bonds is 49. The lowest BCUT2D eigenvalue weighted by Gasteiger charge is -2.14. The summed E-state index contributed by atoms with van der Waals surface area (Å²) >= 11 is 0. The number of nitrogens with one attached hydrogen (secondary N) is 2. The first-order valence-electron chi connectivity index (χ1n) is 22.3. The maximum Gasteiger partial charge on any atom is 0.326 e. The zero-order valence-corrected chi connectivity index (χ0v) is 36.7. The first-order chi connectivity index (χ1) is 29.2. The quantitative estimate of drug-likeness (QED) is 0.0598. The van der Waals surface area contributed by atoms with Gasteiger partial charge in [0.1, 0.15) is 11.8 Å². The Hall–Kier alpha value is -2.77. The van der Waals surface area contributed by atoms with Crippen LogP contribution in [0.3, 0.4) is 0 Å². The van der Waals surface area contributed by atoms with Gasteiger partial charge >= 0.3 is 11.9 Å². The maximum absolute atomic E-state index is 12.3. The third-order valence-corrected chi connectivity index (χ3v) is 9.11. The predicted octanol–water partition coefficient (Wildman–Crippen LogP) is 4.89. The molecule has 1 unspecified atom stereocenters. The second kappa shape index (κ2) is 45.7. The van der Waals surface area contributed by atoms with E-state index in [1.807, 2.05) is 0 Å². The molecular formula is C43H80N2O15. The molecule has 0 heterocycles. The summed E-state index contributed by atoms with van der Waals surface area (Å²) in [4.78, 5) is 57.5. The Kier molecular flexibility index (Phi) is 43.6. The van der Waals surface area contributed by atoms with Crippen molar-refractivity contribution in [3.63, 3.8) is 0 Å². The van der Waals surface area contributed by atoms with Crippen molar-refractivity contribution in [1.29, 1.82) is 0 Å². The van der Waals surface area contributed by atoms with Crippen molar-refractivity contribution in [3.8, 4) is 0 Å². The van der Waals surface area contributed by atoms with Gasteiger partial charge in [0.25, 0.3) is 0 Å². The molecule has 2 amide bonds. The molecule has 0 aromatic carbocycles. The number of ketones is 1. The van der Waals surface area contributed by atoms with Crippen LogP contribution in [-0.4, -0.2) is 158 Å². The summed E-state index contributed by atoms with van der Waals surface area (Å²) < 4.78 is 43.4. The standard InChI is InChI=1S/C43H80N2O15/c1-38(46)20-22-53-24-26-55-28-30-57-32-34-59-36-37-60-35-33-58-31-29-56-27-25-54-23-21-44-40(47)19-18-39(43(51)52)45-41(48)16-14-12-10-8-6-4-2-3-5-7-9-11-13-15-17-42(49)50/h39H,2-37H2,1H3,(H,44,47)(H,45,48)(H,49,50)(H,51,52). The van der Waals surface area contributed by atoms with E-state index in [1.165, 1.54) is 51.9 Å². The number of amides is 2. The van der Waals surface area contributed by atoms with Crippen molar-refractivity contribution in [3.05, 3.63) is 0 Å². The molecule has 17 heteroatoms. The van der Waals surface area contributed by atoms with Crippen molar-refractivity contribution in [2.45, 2.75) is 135 Å². The number of hydrogen-bond acceptors (Lipinski definition) is 13. The Morgan fingerprint density at radius 1 is 0.400 bits per heavy atom. The van der Waals surface area contributed by atoms with Gasteiger partial charge in [-0.1, -0.05) is 77.0 Å². The van der Waals surface area contributed by atoms with Crippen LogP contribution in [0.1, 0.15) is 129 Å². The van der Waals surface area contributed by atoms with Crippen LogP contribution in [0, 0.1) is 0 Å². The lowest BCUT2D eigenvalue weighted by atomic mass is 10.0. The van der Waals surface area contributed by atoms with Crippen LogP contribution in [0.4, 0.5) is 0 Å². The van der Waals surface area contributed by atoms with Gasteiger partial charge in [0, 0.05) is 32.2 Å². The van der Waals surface area contributed by atoms with E-state index >= 15 is 0 Å². The van der Waals surface area contributed by atoms with Gasteiger partial charge in [0.2, 0.25) is 11.8 Å². The molecule has 0 spiro atoms. The lowest BCUT2D eigenvalue weighted by molar-refractivity contribution is -0.142. The number of ether oxygens (including phenoxy) is 8. The SMILES string of the molecule is CC(=O)CCOCCOCCOCCOCCOCCOCCOCCOCCNC(=O)CCC(NC(=O)CCCCCCCCCCCCCCCCC(=O)O)C(=O)O. The maximum atomic E-state index is 12.3. The van der Waals surface area contributed by atoms with Crippen molar-refractivity contribution >= 4 is 29.5 Å². The largest absolute Gasteiger partial charge is 0.481 e. The van der Waals surface area contributed by atoms with E-state index in [1.54, 1.807) is 0 Å². The van der Waals surface area contributed by atoms with Gasteiger partial charge in [-0.25, -0.2) is 4.79 Å². The minimum Gasteiger partial charge on any atom is -0.481 e. The molecule has 0 fully saturated rings. The zero-order valence-electron chi connectivity index (χ0n) is 36.7. The molecule has 0 aliphatic heterocycles. The van der Waals surface area contributed by atoms with Gasteiger partial charge < -0.3 is 58.7 Å². The van der Waals surface area contributed by atoms with Crippen LogP contribution in [0.5, 0.6) is 0 Å². The molecule has 0 aromatic rings. The third kappa shape index (κ3) is 46.3. The number of carbonyl (C=O) groups excluding carboxylic acids is 3. The second-order valence-corrected chi connectivity index (χ2v) is 14.5. The number of carboxylic acid groups (broad SMARTS) is 2. The molecule has 17 nitrogen and oxygen atoms in total. The summed E-state index contributed by atoms with van der Waals surface area (Å²) in [6, 6.07) is -1.11. The highest BCUT2D eigenvalue weighted by atomic mass is 16.6. The topological polar surface area (TPSA) is 224 Å². The van der Waals surface area contributed by atoms with Crippen LogP contribution in [0.25, 0.3) is 0 Å². The fraction of sp³-hybridized carbons (Fsp3) is 0.884. The van der Waals surface area contributed by atoms with E-state index in [0.717, 1.165) is 38.5 Å². The molecule has 0 bridgehead atoms. The molecule has 0 aliphatic rings. The van der Waals surface area contributed by atoms with Crippen LogP contribution >= 0.6 is 0 Å². The third-order valence-electron chi connectivity index (χ3n) is 9.11. The predicted molar refractivity (Wildman–Crippen MR) is 225 cm³/mol. The summed E-state index contributed by atoms with van der Waals surface area (Å²) in [5.41, 5.74) is 0. The minimum absolute atomic E-state index is 0.00889. The highest BCUT2D eigenvalue weighted by Gasteiger charge is 2.20. The summed E-state index contributed by atoms with van der Waals surface area (Å²) in [6.45, 7) is 8.70. The summed E-state index contributed by atoms with van der Waals surface area (Å²) in [7, 11) is 0. The minimum atomic E-state index is -1.16. The van der Waals surface area contributed by atoms with E-state index in [-0.39, 0.29) is 56.4 Å². The number of carboxylic acids is 2. The number of Topliss-reactive ketones (excluding diaryl/α,β-unsaturated/α-hetero) is 1. The Balaban J connectivity index is 3.48. The van der Waals surface area contributed by atoms with E-state index in [0.29, 0.717) is 112 Å². The molecule has 60 heavy (non-hydrogen) atoms. The van der Waals surface area contributed by atoms with Crippen LogP contribution < -0.4 is 10.6 Å². The van der Waals surface area contributed by atoms with Crippen LogP contribution in [-0.2, 0) is 61.9 Å². The summed E-state index contributed by atoms with van der Waals surface area (Å²) in [5.74, 6) is -2.37. The van der Waals surface area contributed by atoms with Crippen molar-refractivity contribution in [2.24, 2.45) is 0 Å². The highest BCUT2D eigenvalue weighted by molar-refractivity contribution is 5.84. The van der Waals surface area contributed by atoms with Crippen molar-refractivity contribution in [2.75, 3.05) is 112 Å². The number of aliphatic carboxylic acids is 2. The molecule has 4 N–H and O–H groups in total. The van der Waals surface area contributed by atoms with Crippen molar-refractivity contribution in [1.82, 2.24) is 10.6 Å². The van der Waals surface area contributed by atoms with E-state index in [4.69, 9.17) is 43.0 Å². The summed E-state index contributed by atoms with van der Waals surface area (Å²) in [6.07, 6.45) is 16.2. The molecule has 352 valence electrons. The zero-order chi connectivity index (χ0) is 44.0. The Morgan fingerprint density at radius 3 is 1.08 bits per heavy atom. The molecule has 0 rings (SSSR count). The fourth-order valence-electron chi connectivity index (χ4n) is 5.69. The molecule has 0 aromatic heterocycles. The molecule has 0 saturated heterocycles. The first-order valence-corrected chi connectivity index (χ1v) is 22.3. The average molecular weight is 865 g/mol. The van der Waals surface area contributed by atoms with Crippen LogP contribution in [0.15, 0.2) is 0 Å². The Labute approximate surface area is 358 Å². The Bertz CT molecular complexity index is 1040. The Morgan fingerprint density at radius 2 is 0.733 bits per heavy atom. The van der Waals surface area contributed by atoms with Crippen LogP contribution in [0.2, 0.25) is 0 Å². The van der Waals surface area contributed by atoms with Gasteiger partial charge in [0.05, 0.1) is 106 Å². The monoisotopic (exact) mass is 865 g/mol. The number of carbonyl (C=O) groups is 5. The normalized spacial score (nSPS) is 11.8. The lowest BCUT2D eigenvalue weighted by Crippen LogP contribution is -2.41. The molecular weight excluding hydrogens is 784 g/mol. The molecule has 0 saturated carbocycles. The fourth-order valence-corrected chi connectivity index (χ4v) is 5.69. The van der Waals surface area contributed by atoms with Gasteiger partial charge in [-0.3, -0.25) is 19.2 Å². The first kappa shape index (κ1) is 57.2. The molecule has 0 radical (unpaired) electrons. The van der Waals surface area contributed by atoms with Gasteiger partial charge in [0.15, 0.2) is 0 Å². The van der Waals surface area contributed by atoms with Gasteiger partial charge in [-0.15, -0.1) is 0 Å². The van der Waals surface area contributed by atoms with Gasteiger partial charge in [-0.2, -0.15) is 0 Å².